The predicted octanol–water partition coefficient (Wildman–Crippen LogP) is 3.07. The average Bonchev–Trinajstić information content (AvgIpc) is 2.81. The third-order valence-corrected chi connectivity index (χ3v) is 5.27. The van der Waals surface area contributed by atoms with Crippen LogP contribution in [0.4, 0.5) is 5.69 Å². The van der Waals surface area contributed by atoms with Gasteiger partial charge in [-0.3, -0.25) is 9.79 Å². The number of carbonyl (C=O) groups is 1. The van der Waals surface area contributed by atoms with E-state index in [1.807, 2.05) is 18.2 Å². The van der Waals surface area contributed by atoms with Crippen molar-refractivity contribution in [2.24, 2.45) is 4.99 Å². The zero-order valence-electron chi connectivity index (χ0n) is 18.8. The van der Waals surface area contributed by atoms with Crippen molar-refractivity contribution < 1.29 is 9.53 Å². The van der Waals surface area contributed by atoms with Crippen molar-refractivity contribution in [3.8, 4) is 0 Å². The van der Waals surface area contributed by atoms with Crippen LogP contribution in [0, 0.1) is 0 Å². The minimum absolute atomic E-state index is 0. The van der Waals surface area contributed by atoms with Crippen LogP contribution in [-0.4, -0.2) is 51.7 Å². The molecule has 0 radical (unpaired) electrons. The third kappa shape index (κ3) is 8.31. The molecule has 0 bridgehead atoms. The molecule has 3 N–H and O–H groups in total. The molecular weight excluding hydrogens is 517 g/mol. The van der Waals surface area contributed by atoms with Gasteiger partial charge in [0.15, 0.2) is 5.96 Å². The number of amides is 1. The molecule has 7 nitrogen and oxygen atoms in total. The Balaban J connectivity index is 0.00000363. The van der Waals surface area contributed by atoms with Crippen LogP contribution in [0.3, 0.4) is 0 Å². The minimum atomic E-state index is 0. The molecule has 2 aromatic carbocycles. The highest BCUT2D eigenvalue weighted by Gasteiger charge is 2.16. The molecule has 1 amide bonds. The van der Waals surface area contributed by atoms with E-state index in [4.69, 9.17) is 4.74 Å². The molecule has 174 valence electrons. The first-order chi connectivity index (χ1) is 15.2. The molecule has 3 rings (SSSR count). The van der Waals surface area contributed by atoms with Gasteiger partial charge in [-0.1, -0.05) is 42.5 Å². The van der Waals surface area contributed by atoms with E-state index < -0.39 is 0 Å². The van der Waals surface area contributed by atoms with E-state index >= 15 is 0 Å². The molecule has 1 atom stereocenters. The number of aliphatic imine (C=N–C) groups is 1. The lowest BCUT2D eigenvalue weighted by atomic mass is 10.1. The lowest BCUT2D eigenvalue weighted by molar-refractivity contribution is -0.120. The fraction of sp³-hybridized carbons (Fsp3) is 0.417. The average molecular weight is 551 g/mol. The van der Waals surface area contributed by atoms with Gasteiger partial charge in [0.2, 0.25) is 5.91 Å². The fourth-order valence-electron chi connectivity index (χ4n) is 3.45. The number of hydrogen-bond donors (Lipinski definition) is 3. The maximum atomic E-state index is 11.6. The molecule has 1 aliphatic rings. The summed E-state index contributed by atoms with van der Waals surface area (Å²) < 4.78 is 5.91. The van der Waals surface area contributed by atoms with Crippen molar-refractivity contribution in [1.29, 1.82) is 0 Å². The van der Waals surface area contributed by atoms with E-state index in [9.17, 15) is 4.79 Å². The Morgan fingerprint density at radius 1 is 1.16 bits per heavy atom. The van der Waals surface area contributed by atoms with Gasteiger partial charge in [-0.15, -0.1) is 24.0 Å². The molecular formula is C24H34IN5O2. The quantitative estimate of drug-likeness (QED) is 0.193. The molecule has 0 aliphatic carbocycles. The third-order valence-electron chi connectivity index (χ3n) is 5.27. The second-order valence-electron chi connectivity index (χ2n) is 7.57. The molecule has 32 heavy (non-hydrogen) atoms. The summed E-state index contributed by atoms with van der Waals surface area (Å²) in [6.07, 6.45) is 0.997. The predicted molar refractivity (Wildman–Crippen MR) is 141 cm³/mol. The summed E-state index contributed by atoms with van der Waals surface area (Å²) in [5.41, 5.74) is 3.43. The number of nitrogens with one attached hydrogen (secondary N) is 3. The number of guanidine groups is 1. The highest BCUT2D eigenvalue weighted by atomic mass is 127. The summed E-state index contributed by atoms with van der Waals surface area (Å²) in [6, 6.07) is 18.6. The van der Waals surface area contributed by atoms with E-state index in [1.165, 1.54) is 5.56 Å². The Morgan fingerprint density at radius 3 is 2.59 bits per heavy atom. The van der Waals surface area contributed by atoms with Crippen LogP contribution >= 0.6 is 24.0 Å². The van der Waals surface area contributed by atoms with Crippen LogP contribution in [0.1, 0.15) is 30.6 Å². The summed E-state index contributed by atoms with van der Waals surface area (Å²) in [5, 5.41) is 9.52. The van der Waals surface area contributed by atoms with E-state index in [2.05, 4.69) is 69.2 Å². The number of anilines is 1. The van der Waals surface area contributed by atoms with Crippen LogP contribution < -0.4 is 20.9 Å². The largest absolute Gasteiger partial charge is 0.374 e. The fourth-order valence-corrected chi connectivity index (χ4v) is 3.45. The lowest BCUT2D eigenvalue weighted by Gasteiger charge is -2.28. The molecule has 1 heterocycles. The number of rotatable bonds is 9. The summed E-state index contributed by atoms with van der Waals surface area (Å²) in [6.45, 7) is 6.19. The van der Waals surface area contributed by atoms with Crippen molar-refractivity contribution in [1.82, 2.24) is 16.0 Å². The van der Waals surface area contributed by atoms with Gasteiger partial charge in [0.1, 0.15) is 0 Å². The van der Waals surface area contributed by atoms with Gasteiger partial charge in [-0.2, -0.15) is 0 Å². The summed E-state index contributed by atoms with van der Waals surface area (Å²) in [4.78, 5) is 17.9. The smallest absolute Gasteiger partial charge is 0.239 e. The molecule has 0 aromatic heterocycles. The molecule has 0 spiro atoms. The normalized spacial score (nSPS) is 14.9. The van der Waals surface area contributed by atoms with Crippen LogP contribution in [-0.2, 0) is 16.1 Å². The van der Waals surface area contributed by atoms with E-state index in [-0.39, 0.29) is 36.0 Å². The van der Waals surface area contributed by atoms with Gasteiger partial charge < -0.3 is 25.6 Å². The maximum Gasteiger partial charge on any atom is 0.239 e. The van der Waals surface area contributed by atoms with Gasteiger partial charge in [0, 0.05) is 45.5 Å². The summed E-state index contributed by atoms with van der Waals surface area (Å²) in [5.74, 6) is 0.847. The van der Waals surface area contributed by atoms with Crippen molar-refractivity contribution in [3.05, 3.63) is 65.7 Å². The van der Waals surface area contributed by atoms with E-state index in [0.717, 1.165) is 36.7 Å². The topological polar surface area (TPSA) is 78.0 Å². The Labute approximate surface area is 208 Å². The summed E-state index contributed by atoms with van der Waals surface area (Å²) in [7, 11) is 1.77. The number of benzene rings is 2. The van der Waals surface area contributed by atoms with Crippen LogP contribution in [0.2, 0.25) is 0 Å². The Bertz CT molecular complexity index is 845. The van der Waals surface area contributed by atoms with Gasteiger partial charge in [0.25, 0.3) is 0 Å². The Morgan fingerprint density at radius 2 is 1.91 bits per heavy atom. The molecule has 1 fully saturated rings. The molecule has 8 heteroatoms. The van der Waals surface area contributed by atoms with Gasteiger partial charge >= 0.3 is 0 Å². The Kier molecular flexibility index (Phi) is 11.3. The number of piperazine rings is 1. The van der Waals surface area contributed by atoms with Crippen molar-refractivity contribution in [3.63, 3.8) is 0 Å². The zero-order chi connectivity index (χ0) is 21.9. The second-order valence-corrected chi connectivity index (χ2v) is 7.57. The maximum absolute atomic E-state index is 11.6. The first-order valence-electron chi connectivity index (χ1n) is 10.9. The van der Waals surface area contributed by atoms with E-state index in [1.54, 1.807) is 7.05 Å². The number of ether oxygens (including phenoxy) is 1. The standard InChI is InChI=1S/C24H33N5O2.HI/c1-19(21-7-4-3-5-8-21)31-16-6-13-27-24(25-2)28-17-20-9-11-22(12-10-20)29-15-14-26-23(30)18-29;/h3-5,7-12,19H,6,13-18H2,1-2H3,(H,26,30)(H2,25,27,28);1H. The first-order valence-corrected chi connectivity index (χ1v) is 10.9. The number of nitrogens with zero attached hydrogens (tertiary/aromatic N) is 2. The van der Waals surface area contributed by atoms with Crippen LogP contribution in [0.25, 0.3) is 0 Å². The van der Waals surface area contributed by atoms with Gasteiger partial charge in [-0.05, 0) is 36.6 Å². The molecule has 1 aliphatic heterocycles. The van der Waals surface area contributed by atoms with E-state index in [0.29, 0.717) is 26.2 Å². The SMILES string of the molecule is CN=C(NCCCOC(C)c1ccccc1)NCc1ccc(N2CCNC(=O)C2)cc1.I. The minimum Gasteiger partial charge on any atom is -0.374 e. The summed E-state index contributed by atoms with van der Waals surface area (Å²) >= 11 is 0. The number of carbonyl (C=O) groups excluding carboxylic acids is 1. The van der Waals surface area contributed by atoms with Crippen molar-refractivity contribution >= 4 is 41.5 Å². The molecule has 0 saturated carbocycles. The highest BCUT2D eigenvalue weighted by molar-refractivity contribution is 14.0. The van der Waals surface area contributed by atoms with Gasteiger partial charge in [0.05, 0.1) is 12.6 Å². The van der Waals surface area contributed by atoms with Crippen LogP contribution in [0.5, 0.6) is 0 Å². The number of hydrogen-bond acceptors (Lipinski definition) is 4. The molecule has 2 aromatic rings. The Hall–Kier alpha value is -2.33. The molecule has 1 unspecified atom stereocenters. The van der Waals surface area contributed by atoms with Gasteiger partial charge in [-0.25, -0.2) is 0 Å². The van der Waals surface area contributed by atoms with Crippen molar-refractivity contribution in [2.75, 3.05) is 44.7 Å². The second kappa shape index (κ2) is 13.9. The monoisotopic (exact) mass is 551 g/mol. The van der Waals surface area contributed by atoms with Crippen molar-refractivity contribution in [2.45, 2.75) is 26.0 Å². The molecule has 1 saturated heterocycles. The number of halogens is 1. The highest BCUT2D eigenvalue weighted by Crippen LogP contribution is 2.16. The van der Waals surface area contributed by atoms with Crippen LogP contribution in [0.15, 0.2) is 59.6 Å². The zero-order valence-corrected chi connectivity index (χ0v) is 21.2. The lowest BCUT2D eigenvalue weighted by Crippen LogP contribution is -2.47. The first kappa shape index (κ1) is 25.9.